The lowest BCUT2D eigenvalue weighted by atomic mass is 9.87. The second-order valence-corrected chi connectivity index (χ2v) is 8.92. The molecule has 29 heavy (non-hydrogen) atoms. The number of sulfonamides is 1. The molecule has 2 N–H and O–H groups in total. The lowest BCUT2D eigenvalue weighted by molar-refractivity contribution is -0.384. The van der Waals surface area contributed by atoms with E-state index in [0.717, 1.165) is 30.9 Å². The van der Waals surface area contributed by atoms with Crippen molar-refractivity contribution in [2.45, 2.75) is 43.2 Å². The van der Waals surface area contributed by atoms with Gasteiger partial charge in [0.1, 0.15) is 5.69 Å². The second kappa shape index (κ2) is 8.89. The molecular weight excluding hydrogens is 394 g/mol. The van der Waals surface area contributed by atoms with Crippen LogP contribution in [-0.2, 0) is 21.2 Å². The number of anilines is 1. The number of nitro benzene ring substituents is 1. The van der Waals surface area contributed by atoms with E-state index in [0.29, 0.717) is 5.69 Å². The number of rotatable bonds is 8. The highest BCUT2D eigenvalue weighted by Gasteiger charge is 2.26. The Morgan fingerprint density at radius 1 is 1.28 bits per heavy atom. The van der Waals surface area contributed by atoms with E-state index in [4.69, 9.17) is 4.74 Å². The Bertz CT molecular complexity index is 993. The Balaban J connectivity index is 1.89. The van der Waals surface area contributed by atoms with Crippen molar-refractivity contribution < 1.29 is 18.1 Å². The van der Waals surface area contributed by atoms with E-state index in [1.165, 1.54) is 24.8 Å². The summed E-state index contributed by atoms with van der Waals surface area (Å²) in [5.41, 5.74) is 2.39. The van der Waals surface area contributed by atoms with Gasteiger partial charge in [0, 0.05) is 19.2 Å². The highest BCUT2D eigenvalue weighted by molar-refractivity contribution is 7.89. The summed E-state index contributed by atoms with van der Waals surface area (Å²) in [6.07, 6.45) is 2.82. The molecule has 1 aliphatic rings. The molecule has 1 aliphatic carbocycles. The molecule has 0 fully saturated rings. The van der Waals surface area contributed by atoms with Crippen molar-refractivity contribution >= 4 is 21.4 Å². The Hall–Kier alpha value is -2.49. The zero-order valence-corrected chi connectivity index (χ0v) is 17.2. The highest BCUT2D eigenvalue weighted by atomic mass is 32.2. The summed E-state index contributed by atoms with van der Waals surface area (Å²) in [5, 5.41) is 14.9. The average molecular weight is 420 g/mol. The summed E-state index contributed by atoms with van der Waals surface area (Å²) < 4.78 is 32.5. The SMILES string of the molecule is COC[C@H](C)NS(=O)(=O)c1ccc(N[C@H]2CCCc3ccccc32)c([N+](=O)[O-])c1. The number of aryl methyl sites for hydroxylation is 1. The van der Waals surface area contributed by atoms with Crippen molar-refractivity contribution in [2.24, 2.45) is 0 Å². The van der Waals surface area contributed by atoms with Gasteiger partial charge in [0.2, 0.25) is 10.0 Å². The van der Waals surface area contributed by atoms with Crippen LogP contribution >= 0.6 is 0 Å². The number of nitrogens with zero attached hydrogens (tertiary/aromatic N) is 1. The van der Waals surface area contributed by atoms with Crippen molar-refractivity contribution in [3.8, 4) is 0 Å². The van der Waals surface area contributed by atoms with Gasteiger partial charge in [0.15, 0.2) is 0 Å². The van der Waals surface area contributed by atoms with Crippen LogP contribution in [0.25, 0.3) is 0 Å². The van der Waals surface area contributed by atoms with Crippen LogP contribution in [0.4, 0.5) is 11.4 Å². The highest BCUT2D eigenvalue weighted by Crippen LogP contribution is 2.36. The number of ether oxygens (including phenoxy) is 1. The molecular formula is C20H25N3O5S. The first kappa shape index (κ1) is 21.2. The summed E-state index contributed by atoms with van der Waals surface area (Å²) >= 11 is 0. The number of nitro groups is 1. The molecule has 0 aliphatic heterocycles. The lowest BCUT2D eigenvalue weighted by Crippen LogP contribution is -2.35. The standard InChI is InChI=1S/C20H25N3O5S/c1-14(13-28-2)22-29(26,27)16-10-11-19(20(12-16)23(24)25)21-18-9-5-7-15-6-3-4-8-17(15)18/h3-4,6,8,10-12,14,18,21-22H,5,7,9,13H2,1-2H3/t14-,18-/m0/s1. The van der Waals surface area contributed by atoms with Gasteiger partial charge in [-0.15, -0.1) is 0 Å². The number of fused-ring (bicyclic) bond motifs is 1. The molecule has 0 saturated heterocycles. The van der Waals surface area contributed by atoms with Crippen molar-refractivity contribution in [3.05, 3.63) is 63.7 Å². The van der Waals surface area contributed by atoms with Gasteiger partial charge in [-0.2, -0.15) is 0 Å². The van der Waals surface area contributed by atoms with Gasteiger partial charge in [-0.25, -0.2) is 13.1 Å². The summed E-state index contributed by atoms with van der Waals surface area (Å²) in [6, 6.07) is 11.5. The quantitative estimate of drug-likeness (QED) is 0.501. The van der Waals surface area contributed by atoms with Crippen LogP contribution in [0, 0.1) is 10.1 Å². The average Bonchev–Trinajstić information content (AvgIpc) is 2.68. The number of benzene rings is 2. The summed E-state index contributed by atoms with van der Waals surface area (Å²) in [7, 11) is -2.43. The normalized spacial score (nSPS) is 17.4. The molecule has 0 aromatic heterocycles. The fourth-order valence-electron chi connectivity index (χ4n) is 3.66. The Morgan fingerprint density at radius 2 is 2.03 bits per heavy atom. The minimum atomic E-state index is -3.90. The van der Waals surface area contributed by atoms with Gasteiger partial charge < -0.3 is 10.1 Å². The molecule has 0 spiro atoms. The predicted molar refractivity (Wildman–Crippen MR) is 110 cm³/mol. The van der Waals surface area contributed by atoms with Gasteiger partial charge in [0.05, 0.1) is 22.5 Å². The van der Waals surface area contributed by atoms with E-state index < -0.39 is 21.0 Å². The van der Waals surface area contributed by atoms with E-state index >= 15 is 0 Å². The molecule has 156 valence electrons. The summed E-state index contributed by atoms with van der Waals surface area (Å²) in [6.45, 7) is 1.86. The van der Waals surface area contributed by atoms with Crippen LogP contribution in [0.15, 0.2) is 47.4 Å². The minimum absolute atomic E-state index is 0.0547. The van der Waals surface area contributed by atoms with Crippen LogP contribution < -0.4 is 10.0 Å². The Labute approximate surface area is 170 Å². The fraction of sp³-hybridized carbons (Fsp3) is 0.400. The molecule has 0 bridgehead atoms. The molecule has 0 heterocycles. The molecule has 0 amide bonds. The van der Waals surface area contributed by atoms with Crippen LogP contribution in [0.5, 0.6) is 0 Å². The third-order valence-corrected chi connectivity index (χ3v) is 6.54. The van der Waals surface area contributed by atoms with Crippen LogP contribution in [0.3, 0.4) is 0 Å². The number of hydrogen-bond donors (Lipinski definition) is 2. The topological polar surface area (TPSA) is 111 Å². The third kappa shape index (κ3) is 4.92. The van der Waals surface area contributed by atoms with Crippen molar-refractivity contribution in [2.75, 3.05) is 19.0 Å². The third-order valence-electron chi connectivity index (χ3n) is 4.95. The molecule has 3 rings (SSSR count). The van der Waals surface area contributed by atoms with Crippen molar-refractivity contribution in [1.29, 1.82) is 0 Å². The molecule has 2 atom stereocenters. The van der Waals surface area contributed by atoms with E-state index in [1.807, 2.05) is 18.2 Å². The van der Waals surface area contributed by atoms with E-state index in [-0.39, 0.29) is 23.2 Å². The molecule has 2 aromatic carbocycles. The van der Waals surface area contributed by atoms with Crippen molar-refractivity contribution in [1.82, 2.24) is 4.72 Å². The van der Waals surface area contributed by atoms with E-state index in [9.17, 15) is 18.5 Å². The van der Waals surface area contributed by atoms with Crippen LogP contribution in [0.2, 0.25) is 0 Å². The smallest absolute Gasteiger partial charge is 0.293 e. The first-order valence-electron chi connectivity index (χ1n) is 9.46. The maximum Gasteiger partial charge on any atom is 0.293 e. The molecule has 0 unspecified atom stereocenters. The zero-order chi connectivity index (χ0) is 21.0. The minimum Gasteiger partial charge on any atom is -0.383 e. The molecule has 0 saturated carbocycles. The number of methoxy groups -OCH3 is 1. The van der Waals surface area contributed by atoms with E-state index in [1.54, 1.807) is 6.92 Å². The molecule has 9 heteroatoms. The van der Waals surface area contributed by atoms with Gasteiger partial charge in [-0.3, -0.25) is 10.1 Å². The zero-order valence-electron chi connectivity index (χ0n) is 16.4. The first-order chi connectivity index (χ1) is 13.8. The van der Waals surface area contributed by atoms with Gasteiger partial charge >= 0.3 is 0 Å². The lowest BCUT2D eigenvalue weighted by Gasteiger charge is -2.27. The van der Waals surface area contributed by atoms with Crippen molar-refractivity contribution in [3.63, 3.8) is 0 Å². The van der Waals surface area contributed by atoms with Gasteiger partial charge in [-0.1, -0.05) is 24.3 Å². The number of hydrogen-bond acceptors (Lipinski definition) is 6. The molecule has 0 radical (unpaired) electrons. The summed E-state index contributed by atoms with van der Waals surface area (Å²) in [5.74, 6) is 0. The summed E-state index contributed by atoms with van der Waals surface area (Å²) in [4.78, 5) is 10.9. The predicted octanol–water partition coefficient (Wildman–Crippen LogP) is 3.40. The first-order valence-corrected chi connectivity index (χ1v) is 10.9. The fourth-order valence-corrected chi connectivity index (χ4v) is 4.91. The monoisotopic (exact) mass is 419 g/mol. The maximum absolute atomic E-state index is 12.5. The number of nitrogens with one attached hydrogen (secondary N) is 2. The Morgan fingerprint density at radius 3 is 2.76 bits per heavy atom. The second-order valence-electron chi connectivity index (χ2n) is 7.20. The largest absolute Gasteiger partial charge is 0.383 e. The van der Waals surface area contributed by atoms with Crippen LogP contribution in [-0.4, -0.2) is 33.1 Å². The van der Waals surface area contributed by atoms with Gasteiger partial charge in [0.25, 0.3) is 5.69 Å². The molecule has 2 aromatic rings. The van der Waals surface area contributed by atoms with E-state index in [2.05, 4.69) is 16.1 Å². The Kier molecular flexibility index (Phi) is 6.51. The molecule has 8 nitrogen and oxygen atoms in total. The van der Waals surface area contributed by atoms with Crippen LogP contribution in [0.1, 0.15) is 36.9 Å². The maximum atomic E-state index is 12.5. The van der Waals surface area contributed by atoms with Gasteiger partial charge in [-0.05, 0) is 49.4 Å².